The van der Waals surface area contributed by atoms with E-state index in [1.165, 1.54) is 0 Å². The summed E-state index contributed by atoms with van der Waals surface area (Å²) in [5.41, 5.74) is 0.991. The Hall–Kier alpha value is -1.80. The molecule has 0 bridgehead atoms. The van der Waals surface area contributed by atoms with Gasteiger partial charge in [-0.3, -0.25) is 9.59 Å². The number of esters is 1. The Balaban J connectivity index is 3.19. The monoisotopic (exact) mass is 576 g/mol. The Kier molecular flexibility index (Phi) is 14.0. The summed E-state index contributed by atoms with van der Waals surface area (Å²) in [5, 5.41) is 11.3. The van der Waals surface area contributed by atoms with Gasteiger partial charge in [0.05, 0.1) is 24.2 Å². The number of hydrogen-bond acceptors (Lipinski definition) is 6. The molecule has 1 rings (SSSR count). The lowest BCUT2D eigenvalue weighted by Gasteiger charge is -2.38. The van der Waals surface area contributed by atoms with Gasteiger partial charge in [0.25, 0.3) is 0 Å². The lowest BCUT2D eigenvalue weighted by molar-refractivity contribution is -0.147. The third-order valence-electron chi connectivity index (χ3n) is 8.55. The van der Waals surface area contributed by atoms with Gasteiger partial charge in [-0.25, -0.2) is 0 Å². The molecule has 0 fully saturated rings. The molecule has 0 unspecified atom stereocenters. The van der Waals surface area contributed by atoms with Crippen LogP contribution in [0.4, 0.5) is 0 Å². The Bertz CT molecular complexity index is 965. The molecule has 0 aliphatic carbocycles. The average Bonchev–Trinajstić information content (AvgIpc) is 2.90. The number of ether oxygens (including phenoxy) is 2. The number of rotatable bonds is 15. The molecule has 40 heavy (non-hydrogen) atoms. The fourth-order valence-corrected chi connectivity index (χ4v) is 5.52. The molecule has 0 amide bonds. The summed E-state index contributed by atoms with van der Waals surface area (Å²) in [7, 11) is -1.98. The standard InChI is InChI=1S/C33H56O6Si/c1-14-28(39-32(36)21(2)3)23(5)31(38-26(8)27-18-16-15-17-19-27)25(7)30(35)24(6)29(34)22(4)20-37-40(12,13)33(9,10)11/h14-19,21-26,29,31,34H,20H2,1-13H3/b28-14-/t22-,23+,24+,25+,26-,29-,31+/m0/s1. The van der Waals surface area contributed by atoms with E-state index in [2.05, 4.69) is 33.9 Å². The molecule has 0 aliphatic rings. The summed E-state index contributed by atoms with van der Waals surface area (Å²) in [4.78, 5) is 26.3. The van der Waals surface area contributed by atoms with E-state index >= 15 is 0 Å². The van der Waals surface area contributed by atoms with Crippen LogP contribution in [0.2, 0.25) is 18.1 Å². The Morgan fingerprint density at radius 1 is 0.925 bits per heavy atom. The zero-order valence-electron chi connectivity index (χ0n) is 27.3. The predicted molar refractivity (Wildman–Crippen MR) is 165 cm³/mol. The van der Waals surface area contributed by atoms with Gasteiger partial charge in [-0.15, -0.1) is 0 Å². The van der Waals surface area contributed by atoms with E-state index in [0.717, 1.165) is 5.56 Å². The Morgan fingerprint density at radius 3 is 1.95 bits per heavy atom. The number of aliphatic hydroxyl groups is 1. The minimum absolute atomic E-state index is 0.0628. The van der Waals surface area contributed by atoms with Crippen molar-refractivity contribution in [3.8, 4) is 0 Å². The Morgan fingerprint density at radius 2 is 1.48 bits per heavy atom. The van der Waals surface area contributed by atoms with Crippen molar-refractivity contribution in [2.24, 2.45) is 29.6 Å². The summed E-state index contributed by atoms with van der Waals surface area (Å²) in [5.74, 6) is -1.98. The largest absolute Gasteiger partial charge is 0.431 e. The van der Waals surface area contributed by atoms with Crippen LogP contribution in [0.5, 0.6) is 0 Å². The summed E-state index contributed by atoms with van der Waals surface area (Å²) in [6, 6.07) is 9.84. The van der Waals surface area contributed by atoms with Crippen molar-refractivity contribution in [1.82, 2.24) is 0 Å². The van der Waals surface area contributed by atoms with E-state index in [1.54, 1.807) is 26.8 Å². The van der Waals surface area contributed by atoms with Crippen LogP contribution in [0, 0.1) is 29.6 Å². The summed E-state index contributed by atoms with van der Waals surface area (Å²) in [6.45, 7) is 26.2. The number of carbonyl (C=O) groups is 2. The number of ketones is 1. The van der Waals surface area contributed by atoms with Crippen molar-refractivity contribution in [1.29, 1.82) is 0 Å². The highest BCUT2D eigenvalue weighted by Gasteiger charge is 2.41. The highest BCUT2D eigenvalue weighted by Crippen LogP contribution is 2.37. The predicted octanol–water partition coefficient (Wildman–Crippen LogP) is 7.73. The van der Waals surface area contributed by atoms with Gasteiger partial charge in [0.2, 0.25) is 0 Å². The molecule has 7 heteroatoms. The molecule has 0 heterocycles. The summed E-state index contributed by atoms with van der Waals surface area (Å²) < 4.78 is 18.6. The molecule has 1 aromatic rings. The van der Waals surface area contributed by atoms with E-state index < -0.39 is 32.4 Å². The zero-order valence-corrected chi connectivity index (χ0v) is 28.3. The van der Waals surface area contributed by atoms with E-state index in [9.17, 15) is 14.7 Å². The molecule has 0 spiro atoms. The first-order chi connectivity index (χ1) is 18.4. The molecule has 1 N–H and O–H groups in total. The van der Waals surface area contributed by atoms with E-state index in [4.69, 9.17) is 13.9 Å². The van der Waals surface area contributed by atoms with Crippen molar-refractivity contribution in [3.63, 3.8) is 0 Å². The molecule has 6 nitrogen and oxygen atoms in total. The van der Waals surface area contributed by atoms with Gasteiger partial charge in [-0.05, 0) is 43.6 Å². The van der Waals surface area contributed by atoms with Crippen LogP contribution < -0.4 is 0 Å². The van der Waals surface area contributed by atoms with Gasteiger partial charge in [0.1, 0.15) is 11.5 Å². The highest BCUT2D eigenvalue weighted by atomic mass is 28.4. The SMILES string of the molecule is C/C=C(\OC(=O)C(C)C)[C@@H](C)[C@@H](O[C@@H](C)c1ccccc1)[C@H](C)C(=O)[C@H](C)[C@@H](O)[C@@H](C)CO[Si](C)(C)C(C)(C)C. The molecular formula is C33H56O6Si. The first kappa shape index (κ1) is 36.2. The molecule has 228 valence electrons. The van der Waals surface area contributed by atoms with Gasteiger partial charge in [0, 0.05) is 30.3 Å². The van der Waals surface area contributed by atoms with Gasteiger partial charge in [0.15, 0.2) is 8.32 Å². The number of hydrogen-bond donors (Lipinski definition) is 1. The second-order valence-corrected chi connectivity index (χ2v) is 18.0. The summed E-state index contributed by atoms with van der Waals surface area (Å²) in [6.07, 6.45) is 0.0361. The van der Waals surface area contributed by atoms with Crippen molar-refractivity contribution >= 4 is 20.1 Å². The topological polar surface area (TPSA) is 82.1 Å². The zero-order chi connectivity index (χ0) is 31.0. The van der Waals surface area contributed by atoms with Crippen LogP contribution in [0.25, 0.3) is 0 Å². The highest BCUT2D eigenvalue weighted by molar-refractivity contribution is 6.74. The average molecular weight is 577 g/mol. The van der Waals surface area contributed by atoms with Crippen molar-refractivity contribution < 1.29 is 28.6 Å². The minimum atomic E-state index is -1.98. The number of aliphatic hydroxyl groups excluding tert-OH is 1. The molecule has 7 atom stereocenters. The second-order valence-electron chi connectivity index (χ2n) is 13.2. The number of Topliss-reactive ketones (excluding diaryl/α,β-unsaturated/α-hetero) is 1. The maximum absolute atomic E-state index is 13.9. The van der Waals surface area contributed by atoms with Gasteiger partial charge in [-0.2, -0.15) is 0 Å². The van der Waals surface area contributed by atoms with Crippen molar-refractivity contribution in [2.75, 3.05) is 6.61 Å². The molecule has 0 radical (unpaired) electrons. The summed E-state index contributed by atoms with van der Waals surface area (Å²) >= 11 is 0. The van der Waals surface area contributed by atoms with Crippen LogP contribution in [0.15, 0.2) is 42.2 Å². The number of benzene rings is 1. The maximum atomic E-state index is 13.9. The lowest BCUT2D eigenvalue weighted by Crippen LogP contribution is -2.45. The van der Waals surface area contributed by atoms with Gasteiger partial charge in [-0.1, -0.05) is 92.6 Å². The molecule has 0 aromatic heterocycles. The van der Waals surface area contributed by atoms with E-state index in [0.29, 0.717) is 12.4 Å². The van der Waals surface area contributed by atoms with Crippen LogP contribution in [-0.4, -0.2) is 44.0 Å². The molecular weight excluding hydrogens is 520 g/mol. The maximum Gasteiger partial charge on any atom is 0.313 e. The lowest BCUT2D eigenvalue weighted by atomic mass is 9.80. The normalized spacial score (nSPS) is 18.4. The molecule has 1 aromatic carbocycles. The van der Waals surface area contributed by atoms with Crippen LogP contribution in [0.1, 0.15) is 87.8 Å². The molecule has 0 saturated carbocycles. The fraction of sp³-hybridized carbons (Fsp3) is 0.697. The van der Waals surface area contributed by atoms with E-state index in [1.807, 2.05) is 65.0 Å². The second kappa shape index (κ2) is 15.4. The molecule has 0 saturated heterocycles. The Labute approximate surface area is 245 Å². The van der Waals surface area contributed by atoms with Gasteiger partial charge < -0.3 is 19.0 Å². The smallest absolute Gasteiger partial charge is 0.313 e. The number of allylic oxidation sites excluding steroid dienone is 1. The van der Waals surface area contributed by atoms with Crippen molar-refractivity contribution in [2.45, 2.75) is 113 Å². The van der Waals surface area contributed by atoms with Crippen LogP contribution in [0.3, 0.4) is 0 Å². The minimum Gasteiger partial charge on any atom is -0.431 e. The number of carbonyl (C=O) groups excluding carboxylic acids is 2. The third-order valence-corrected chi connectivity index (χ3v) is 13.0. The van der Waals surface area contributed by atoms with Crippen LogP contribution in [-0.2, 0) is 23.5 Å². The first-order valence-electron chi connectivity index (χ1n) is 14.8. The van der Waals surface area contributed by atoms with Crippen molar-refractivity contribution in [3.05, 3.63) is 47.7 Å². The quantitative estimate of drug-likeness (QED) is 0.131. The first-order valence-corrected chi connectivity index (χ1v) is 17.7. The van der Waals surface area contributed by atoms with Crippen LogP contribution >= 0.6 is 0 Å². The molecule has 0 aliphatic heterocycles. The van der Waals surface area contributed by atoms with E-state index in [-0.39, 0.29) is 40.6 Å². The third kappa shape index (κ3) is 9.93. The van der Waals surface area contributed by atoms with Gasteiger partial charge >= 0.3 is 5.97 Å². The fourth-order valence-electron chi connectivity index (χ4n) is 4.41.